The van der Waals surface area contributed by atoms with Crippen molar-refractivity contribution in [1.29, 1.82) is 0 Å². The van der Waals surface area contributed by atoms with Gasteiger partial charge in [-0.25, -0.2) is 0 Å². The zero-order chi connectivity index (χ0) is 12.5. The summed E-state index contributed by atoms with van der Waals surface area (Å²) in [5, 5.41) is 0. The van der Waals surface area contributed by atoms with E-state index in [1.54, 1.807) is 0 Å². The molecule has 0 atom stereocenters. The van der Waals surface area contributed by atoms with Crippen LogP contribution >= 0.6 is 0 Å². The Morgan fingerprint density at radius 2 is 1.82 bits per heavy atom. The van der Waals surface area contributed by atoms with E-state index < -0.39 is 0 Å². The Morgan fingerprint density at radius 1 is 1.12 bits per heavy atom. The van der Waals surface area contributed by atoms with Crippen LogP contribution in [-0.2, 0) is 14.3 Å². The Hall–Kier alpha value is -0.860. The smallest absolute Gasteiger partial charge is 0.306 e. The fraction of sp³-hybridized carbons (Fsp3) is 0.857. The van der Waals surface area contributed by atoms with E-state index in [1.165, 1.54) is 32.1 Å². The van der Waals surface area contributed by atoms with Crippen molar-refractivity contribution in [3.05, 3.63) is 0 Å². The number of esters is 1. The van der Waals surface area contributed by atoms with Crippen LogP contribution < -0.4 is 0 Å². The highest BCUT2D eigenvalue weighted by Crippen LogP contribution is 2.26. The molecule has 3 heteroatoms. The molecule has 0 unspecified atom stereocenters. The first kappa shape index (κ1) is 14.2. The van der Waals surface area contributed by atoms with E-state index in [9.17, 15) is 9.59 Å². The van der Waals surface area contributed by atoms with Gasteiger partial charge in [-0.2, -0.15) is 0 Å². The van der Waals surface area contributed by atoms with E-state index in [2.05, 4.69) is 0 Å². The van der Waals surface area contributed by atoms with Crippen molar-refractivity contribution in [2.75, 3.05) is 6.61 Å². The fourth-order valence-electron chi connectivity index (χ4n) is 2.34. The van der Waals surface area contributed by atoms with E-state index in [0.29, 0.717) is 25.4 Å². The van der Waals surface area contributed by atoms with Gasteiger partial charge in [0, 0.05) is 12.8 Å². The summed E-state index contributed by atoms with van der Waals surface area (Å²) in [7, 11) is 0. The molecule has 0 bridgehead atoms. The molecule has 0 amide bonds. The van der Waals surface area contributed by atoms with Crippen molar-refractivity contribution in [2.24, 2.45) is 5.92 Å². The van der Waals surface area contributed by atoms with Crippen LogP contribution in [0.25, 0.3) is 0 Å². The lowest BCUT2D eigenvalue weighted by atomic mass is 9.85. The predicted molar refractivity (Wildman–Crippen MR) is 66.7 cm³/mol. The number of carbonyl (C=O) groups excluding carboxylic acids is 2. The van der Waals surface area contributed by atoms with Crippen LogP contribution in [-0.4, -0.2) is 18.4 Å². The Labute approximate surface area is 104 Å². The number of ether oxygens (including phenoxy) is 1. The molecule has 1 saturated carbocycles. The predicted octanol–water partition coefficient (Wildman–Crippen LogP) is 3.26. The summed E-state index contributed by atoms with van der Waals surface area (Å²) in [6.07, 6.45) is 8.33. The summed E-state index contributed by atoms with van der Waals surface area (Å²) in [6, 6.07) is 0. The second-order valence-electron chi connectivity index (χ2n) is 4.97. The second kappa shape index (κ2) is 8.26. The Balaban J connectivity index is 2.09. The number of carbonyl (C=O) groups is 2. The van der Waals surface area contributed by atoms with Gasteiger partial charge in [-0.3, -0.25) is 9.59 Å². The van der Waals surface area contributed by atoms with Gasteiger partial charge < -0.3 is 4.74 Å². The molecule has 1 rings (SSSR count). The molecule has 0 saturated heterocycles. The largest absolute Gasteiger partial charge is 0.466 e. The lowest BCUT2D eigenvalue weighted by molar-refractivity contribution is -0.144. The minimum absolute atomic E-state index is 0.227. The quantitative estimate of drug-likeness (QED) is 0.641. The van der Waals surface area contributed by atoms with Crippen LogP contribution in [0.1, 0.15) is 64.7 Å². The van der Waals surface area contributed by atoms with Gasteiger partial charge in [0.25, 0.3) is 0 Å². The normalized spacial score (nSPS) is 16.8. The summed E-state index contributed by atoms with van der Waals surface area (Å²) < 4.78 is 4.94. The first-order valence-electron chi connectivity index (χ1n) is 6.89. The number of Topliss-reactive ketones (excluding diaryl/α,β-unsaturated/α-hetero) is 1. The highest BCUT2D eigenvalue weighted by atomic mass is 16.5. The van der Waals surface area contributed by atoms with E-state index in [4.69, 9.17) is 4.74 Å². The molecule has 1 aliphatic carbocycles. The van der Waals surface area contributed by atoms with E-state index in [1.807, 2.05) is 6.92 Å². The first-order chi connectivity index (χ1) is 8.22. The molecule has 0 aromatic rings. The van der Waals surface area contributed by atoms with Crippen molar-refractivity contribution in [3.8, 4) is 0 Å². The van der Waals surface area contributed by atoms with Crippen molar-refractivity contribution in [3.63, 3.8) is 0 Å². The average molecular weight is 240 g/mol. The molecule has 1 fully saturated rings. The number of rotatable bonds is 7. The molecule has 0 radical (unpaired) electrons. The molecule has 0 aliphatic heterocycles. The molecule has 0 heterocycles. The van der Waals surface area contributed by atoms with Gasteiger partial charge in [-0.15, -0.1) is 0 Å². The molecule has 0 N–H and O–H groups in total. The maximum absolute atomic E-state index is 11.7. The van der Waals surface area contributed by atoms with Crippen LogP contribution in [0.4, 0.5) is 0 Å². The summed E-state index contributed by atoms with van der Waals surface area (Å²) in [5.41, 5.74) is 0. The average Bonchev–Trinajstić information content (AvgIpc) is 2.35. The van der Waals surface area contributed by atoms with Crippen LogP contribution in [0, 0.1) is 5.92 Å². The van der Waals surface area contributed by atoms with Crippen LogP contribution in [0.3, 0.4) is 0 Å². The zero-order valence-corrected chi connectivity index (χ0v) is 10.9. The van der Waals surface area contributed by atoms with Gasteiger partial charge in [0.2, 0.25) is 0 Å². The van der Waals surface area contributed by atoms with Gasteiger partial charge in [-0.05, 0) is 12.3 Å². The summed E-state index contributed by atoms with van der Waals surface area (Å²) in [4.78, 5) is 22.9. The standard InChI is InChI=1S/C14H24O3/c1-2-10-17-14(16)9-8-13(15)11-12-6-4-3-5-7-12/h12H,2-11H2,1H3. The zero-order valence-electron chi connectivity index (χ0n) is 10.9. The highest BCUT2D eigenvalue weighted by molar-refractivity contribution is 5.83. The second-order valence-corrected chi connectivity index (χ2v) is 4.97. The third-order valence-corrected chi connectivity index (χ3v) is 3.32. The maximum Gasteiger partial charge on any atom is 0.306 e. The van der Waals surface area contributed by atoms with E-state index >= 15 is 0 Å². The molecular formula is C14H24O3. The van der Waals surface area contributed by atoms with Gasteiger partial charge in [0.15, 0.2) is 0 Å². The highest BCUT2D eigenvalue weighted by Gasteiger charge is 2.17. The van der Waals surface area contributed by atoms with Crippen molar-refractivity contribution < 1.29 is 14.3 Å². The van der Waals surface area contributed by atoms with Crippen LogP contribution in [0.2, 0.25) is 0 Å². The minimum atomic E-state index is -0.233. The summed E-state index contributed by atoms with van der Waals surface area (Å²) in [6.45, 7) is 2.43. The van der Waals surface area contributed by atoms with Gasteiger partial charge in [-0.1, -0.05) is 39.0 Å². The van der Waals surface area contributed by atoms with Crippen molar-refractivity contribution in [2.45, 2.75) is 64.7 Å². The van der Waals surface area contributed by atoms with Gasteiger partial charge in [0.05, 0.1) is 13.0 Å². The third kappa shape index (κ3) is 6.44. The van der Waals surface area contributed by atoms with E-state index in [0.717, 1.165) is 6.42 Å². The minimum Gasteiger partial charge on any atom is -0.466 e. The number of hydrogen-bond donors (Lipinski definition) is 0. The van der Waals surface area contributed by atoms with Gasteiger partial charge >= 0.3 is 5.97 Å². The molecule has 3 nitrogen and oxygen atoms in total. The third-order valence-electron chi connectivity index (χ3n) is 3.32. The summed E-state index contributed by atoms with van der Waals surface area (Å²) in [5.74, 6) is 0.567. The SMILES string of the molecule is CCCOC(=O)CCC(=O)CC1CCCCC1. The Morgan fingerprint density at radius 3 is 2.47 bits per heavy atom. The number of ketones is 1. The van der Waals surface area contributed by atoms with Crippen LogP contribution in [0.5, 0.6) is 0 Å². The lowest BCUT2D eigenvalue weighted by Gasteiger charge is -2.20. The molecule has 98 valence electrons. The van der Waals surface area contributed by atoms with Gasteiger partial charge in [0.1, 0.15) is 5.78 Å². The molecule has 1 aliphatic rings. The number of hydrogen-bond acceptors (Lipinski definition) is 3. The monoisotopic (exact) mass is 240 g/mol. The topological polar surface area (TPSA) is 43.4 Å². The molecule has 0 aromatic carbocycles. The lowest BCUT2D eigenvalue weighted by Crippen LogP contribution is -2.14. The molecule has 0 spiro atoms. The fourth-order valence-corrected chi connectivity index (χ4v) is 2.34. The van der Waals surface area contributed by atoms with Crippen molar-refractivity contribution >= 4 is 11.8 Å². The van der Waals surface area contributed by atoms with E-state index in [-0.39, 0.29) is 18.2 Å². The molecule has 17 heavy (non-hydrogen) atoms. The summed E-state index contributed by atoms with van der Waals surface area (Å²) >= 11 is 0. The Bertz CT molecular complexity index is 242. The van der Waals surface area contributed by atoms with Crippen molar-refractivity contribution in [1.82, 2.24) is 0 Å². The molecular weight excluding hydrogens is 216 g/mol. The molecule has 0 aromatic heterocycles. The maximum atomic E-state index is 11.7. The first-order valence-corrected chi connectivity index (χ1v) is 6.89. The Kier molecular flexibility index (Phi) is 6.90. The van der Waals surface area contributed by atoms with Crippen LogP contribution in [0.15, 0.2) is 0 Å².